The van der Waals surface area contributed by atoms with Crippen LogP contribution in [-0.4, -0.2) is 23.8 Å². The van der Waals surface area contributed by atoms with Crippen molar-refractivity contribution >= 4 is 0 Å². The van der Waals surface area contributed by atoms with Crippen molar-refractivity contribution in [2.75, 3.05) is 6.54 Å². The zero-order valence-electron chi connectivity index (χ0n) is 10.2. The molecular formula is C12H27NO. The van der Waals surface area contributed by atoms with Crippen LogP contribution in [0.2, 0.25) is 0 Å². The molecule has 0 bridgehead atoms. The van der Waals surface area contributed by atoms with Gasteiger partial charge in [-0.05, 0) is 19.3 Å². The highest BCUT2D eigenvalue weighted by Gasteiger charge is 2.12. The standard InChI is InChI=1S/C12H27NO/c1-5-7-8-11(4)13-9-12(14)10(3)6-2/h10-14H,5-9H2,1-4H3. The van der Waals surface area contributed by atoms with E-state index in [2.05, 4.69) is 33.0 Å². The molecule has 2 N–H and O–H groups in total. The Kier molecular flexibility index (Phi) is 8.20. The van der Waals surface area contributed by atoms with Crippen LogP contribution >= 0.6 is 0 Å². The average Bonchev–Trinajstić information content (AvgIpc) is 2.21. The average molecular weight is 201 g/mol. The summed E-state index contributed by atoms with van der Waals surface area (Å²) >= 11 is 0. The topological polar surface area (TPSA) is 32.3 Å². The first-order chi connectivity index (χ1) is 6.61. The Morgan fingerprint density at radius 3 is 2.36 bits per heavy atom. The molecule has 0 aromatic heterocycles. The largest absolute Gasteiger partial charge is 0.392 e. The number of hydrogen-bond donors (Lipinski definition) is 2. The molecule has 14 heavy (non-hydrogen) atoms. The SMILES string of the molecule is CCCCC(C)NCC(O)C(C)CC. The van der Waals surface area contributed by atoms with Crippen molar-refractivity contribution < 1.29 is 5.11 Å². The molecule has 0 radical (unpaired) electrons. The Hall–Kier alpha value is -0.0800. The van der Waals surface area contributed by atoms with Gasteiger partial charge >= 0.3 is 0 Å². The van der Waals surface area contributed by atoms with Crippen LogP contribution < -0.4 is 5.32 Å². The van der Waals surface area contributed by atoms with Gasteiger partial charge in [-0.3, -0.25) is 0 Å². The first-order valence-corrected chi connectivity index (χ1v) is 6.03. The van der Waals surface area contributed by atoms with Gasteiger partial charge in [0, 0.05) is 12.6 Å². The molecule has 0 heterocycles. The molecule has 3 unspecified atom stereocenters. The summed E-state index contributed by atoms with van der Waals surface area (Å²) in [6, 6.07) is 0.536. The van der Waals surface area contributed by atoms with Gasteiger partial charge in [-0.1, -0.05) is 40.0 Å². The maximum absolute atomic E-state index is 9.73. The van der Waals surface area contributed by atoms with E-state index in [1.165, 1.54) is 19.3 Å². The zero-order valence-corrected chi connectivity index (χ0v) is 10.2. The summed E-state index contributed by atoms with van der Waals surface area (Å²) < 4.78 is 0. The summed E-state index contributed by atoms with van der Waals surface area (Å²) in [5.74, 6) is 0.404. The van der Waals surface area contributed by atoms with Gasteiger partial charge in [0.1, 0.15) is 0 Å². The Labute approximate surface area is 89.1 Å². The highest BCUT2D eigenvalue weighted by atomic mass is 16.3. The minimum atomic E-state index is -0.191. The third kappa shape index (κ3) is 6.39. The molecular weight excluding hydrogens is 174 g/mol. The Balaban J connectivity index is 3.50. The van der Waals surface area contributed by atoms with Crippen molar-refractivity contribution in [1.29, 1.82) is 0 Å². The second-order valence-electron chi connectivity index (χ2n) is 4.40. The third-order valence-corrected chi connectivity index (χ3v) is 2.97. The Bertz CT molecular complexity index is 127. The smallest absolute Gasteiger partial charge is 0.0690 e. The van der Waals surface area contributed by atoms with Crippen LogP contribution in [0.25, 0.3) is 0 Å². The number of rotatable bonds is 8. The van der Waals surface area contributed by atoms with Crippen molar-refractivity contribution in [3.8, 4) is 0 Å². The second-order valence-corrected chi connectivity index (χ2v) is 4.40. The van der Waals surface area contributed by atoms with Crippen LogP contribution in [0.15, 0.2) is 0 Å². The van der Waals surface area contributed by atoms with Crippen LogP contribution in [0, 0.1) is 5.92 Å². The molecule has 86 valence electrons. The first kappa shape index (κ1) is 13.9. The number of aliphatic hydroxyl groups excluding tert-OH is 1. The molecule has 0 aromatic carbocycles. The summed E-state index contributed by atoms with van der Waals surface area (Å²) in [6.07, 6.45) is 4.59. The first-order valence-electron chi connectivity index (χ1n) is 6.03. The molecule has 2 heteroatoms. The van der Waals surface area contributed by atoms with E-state index in [1.54, 1.807) is 0 Å². The van der Waals surface area contributed by atoms with E-state index in [4.69, 9.17) is 0 Å². The van der Waals surface area contributed by atoms with Gasteiger partial charge in [0.05, 0.1) is 6.10 Å². The molecule has 0 amide bonds. The molecule has 3 atom stereocenters. The highest BCUT2D eigenvalue weighted by molar-refractivity contribution is 4.69. The molecule has 0 aliphatic carbocycles. The van der Waals surface area contributed by atoms with Crippen molar-refractivity contribution in [2.45, 2.75) is 65.5 Å². The summed E-state index contributed by atoms with van der Waals surface area (Å²) in [7, 11) is 0. The number of nitrogens with one attached hydrogen (secondary N) is 1. The number of unbranched alkanes of at least 4 members (excludes halogenated alkanes) is 1. The van der Waals surface area contributed by atoms with Gasteiger partial charge in [-0.15, -0.1) is 0 Å². The molecule has 0 saturated carbocycles. The van der Waals surface area contributed by atoms with Crippen LogP contribution in [0.3, 0.4) is 0 Å². The Morgan fingerprint density at radius 2 is 1.86 bits per heavy atom. The molecule has 0 rings (SSSR count). The van der Waals surface area contributed by atoms with Gasteiger partial charge in [0.2, 0.25) is 0 Å². The third-order valence-electron chi connectivity index (χ3n) is 2.97. The normalized spacial score (nSPS) is 17.8. The Morgan fingerprint density at radius 1 is 1.21 bits per heavy atom. The number of hydrogen-bond acceptors (Lipinski definition) is 2. The quantitative estimate of drug-likeness (QED) is 0.632. The molecule has 0 spiro atoms. The van der Waals surface area contributed by atoms with E-state index >= 15 is 0 Å². The van der Waals surface area contributed by atoms with Gasteiger partial charge < -0.3 is 10.4 Å². The second kappa shape index (κ2) is 8.25. The summed E-state index contributed by atoms with van der Waals surface area (Å²) in [4.78, 5) is 0. The number of aliphatic hydroxyl groups is 1. The van der Waals surface area contributed by atoms with Crippen molar-refractivity contribution in [3.63, 3.8) is 0 Å². The molecule has 2 nitrogen and oxygen atoms in total. The predicted octanol–water partition coefficient (Wildman–Crippen LogP) is 2.56. The van der Waals surface area contributed by atoms with Crippen LogP contribution in [0.4, 0.5) is 0 Å². The molecule has 0 saturated heterocycles. The predicted molar refractivity (Wildman–Crippen MR) is 62.5 cm³/mol. The molecule has 0 aliphatic heterocycles. The van der Waals surface area contributed by atoms with Gasteiger partial charge in [0.15, 0.2) is 0 Å². The van der Waals surface area contributed by atoms with Crippen LogP contribution in [0.5, 0.6) is 0 Å². The summed E-state index contributed by atoms with van der Waals surface area (Å²) in [5, 5.41) is 13.1. The summed E-state index contributed by atoms with van der Waals surface area (Å²) in [6.45, 7) is 9.36. The fraction of sp³-hybridized carbons (Fsp3) is 1.00. The van der Waals surface area contributed by atoms with Crippen molar-refractivity contribution in [2.24, 2.45) is 5.92 Å². The van der Waals surface area contributed by atoms with E-state index < -0.39 is 0 Å². The molecule has 0 fully saturated rings. The monoisotopic (exact) mass is 201 g/mol. The van der Waals surface area contributed by atoms with E-state index in [0.717, 1.165) is 13.0 Å². The minimum absolute atomic E-state index is 0.191. The molecule has 0 aliphatic rings. The van der Waals surface area contributed by atoms with Gasteiger partial charge in [0.25, 0.3) is 0 Å². The van der Waals surface area contributed by atoms with Crippen molar-refractivity contribution in [3.05, 3.63) is 0 Å². The minimum Gasteiger partial charge on any atom is -0.392 e. The molecule has 0 aromatic rings. The maximum Gasteiger partial charge on any atom is 0.0690 e. The van der Waals surface area contributed by atoms with E-state index in [0.29, 0.717) is 12.0 Å². The zero-order chi connectivity index (χ0) is 11.0. The maximum atomic E-state index is 9.73. The fourth-order valence-corrected chi connectivity index (χ4v) is 1.41. The van der Waals surface area contributed by atoms with E-state index in [9.17, 15) is 5.11 Å². The van der Waals surface area contributed by atoms with Crippen molar-refractivity contribution in [1.82, 2.24) is 5.32 Å². The van der Waals surface area contributed by atoms with Gasteiger partial charge in [-0.2, -0.15) is 0 Å². The highest BCUT2D eigenvalue weighted by Crippen LogP contribution is 2.07. The van der Waals surface area contributed by atoms with E-state index in [-0.39, 0.29) is 6.10 Å². The lowest BCUT2D eigenvalue weighted by Gasteiger charge is -2.20. The summed E-state index contributed by atoms with van der Waals surface area (Å²) in [5.41, 5.74) is 0. The van der Waals surface area contributed by atoms with Gasteiger partial charge in [-0.25, -0.2) is 0 Å². The van der Waals surface area contributed by atoms with Crippen LogP contribution in [-0.2, 0) is 0 Å². The lowest BCUT2D eigenvalue weighted by molar-refractivity contribution is 0.110. The van der Waals surface area contributed by atoms with E-state index in [1.807, 2.05) is 0 Å². The fourth-order valence-electron chi connectivity index (χ4n) is 1.41. The lowest BCUT2D eigenvalue weighted by atomic mass is 10.0. The lowest BCUT2D eigenvalue weighted by Crippen LogP contribution is -2.36. The van der Waals surface area contributed by atoms with Crippen LogP contribution in [0.1, 0.15) is 53.4 Å².